The lowest BCUT2D eigenvalue weighted by atomic mass is 9.79. The van der Waals surface area contributed by atoms with Gasteiger partial charge in [0, 0.05) is 0 Å². The zero-order valence-corrected chi connectivity index (χ0v) is 13.8. The fourth-order valence-electron chi connectivity index (χ4n) is 3.02. The van der Waals surface area contributed by atoms with E-state index in [1.165, 1.54) is 5.56 Å². The van der Waals surface area contributed by atoms with Gasteiger partial charge in [-0.2, -0.15) is 0 Å². The van der Waals surface area contributed by atoms with Gasteiger partial charge >= 0.3 is 0 Å². The lowest BCUT2D eigenvalue weighted by molar-refractivity contribution is -0.116. The van der Waals surface area contributed by atoms with Crippen LogP contribution in [0.1, 0.15) is 29.9 Å². The molecule has 0 spiro atoms. The summed E-state index contributed by atoms with van der Waals surface area (Å²) in [4.78, 5) is 12.4. The van der Waals surface area contributed by atoms with Crippen LogP contribution >= 0.6 is 11.6 Å². The molecule has 118 valence electrons. The van der Waals surface area contributed by atoms with Gasteiger partial charge < -0.3 is 4.74 Å². The van der Waals surface area contributed by atoms with Gasteiger partial charge in [0.2, 0.25) is 0 Å². The summed E-state index contributed by atoms with van der Waals surface area (Å²) in [5.74, 6) is 1.15. The van der Waals surface area contributed by atoms with Gasteiger partial charge in [-0.05, 0) is 53.7 Å². The number of alkyl halides is 1. The molecule has 0 aromatic heterocycles. The maximum Gasteiger partial charge on any atom is 0.176 e. The molecule has 0 aliphatic heterocycles. The number of carbonyl (C=O) groups is 1. The summed E-state index contributed by atoms with van der Waals surface area (Å²) in [6.45, 7) is 0. The second-order valence-electron chi connectivity index (χ2n) is 5.82. The molecule has 3 rings (SSSR count). The van der Waals surface area contributed by atoms with Crippen molar-refractivity contribution in [2.75, 3.05) is 7.11 Å². The molecule has 0 N–H and O–H groups in total. The normalized spacial score (nSPS) is 23.0. The third kappa shape index (κ3) is 3.65. The molecule has 1 aliphatic rings. The second kappa shape index (κ2) is 7.01. The first-order valence-corrected chi connectivity index (χ1v) is 8.19. The number of ketones is 1. The summed E-state index contributed by atoms with van der Waals surface area (Å²) < 4.78 is 5.16. The van der Waals surface area contributed by atoms with Crippen molar-refractivity contribution in [1.82, 2.24) is 0 Å². The molecular formula is C20H19ClO2. The highest BCUT2D eigenvalue weighted by Crippen LogP contribution is 2.37. The summed E-state index contributed by atoms with van der Waals surface area (Å²) in [6, 6.07) is 18.0. The van der Waals surface area contributed by atoms with Crippen molar-refractivity contribution in [3.63, 3.8) is 0 Å². The molecule has 23 heavy (non-hydrogen) atoms. The van der Waals surface area contributed by atoms with Crippen molar-refractivity contribution >= 4 is 23.5 Å². The van der Waals surface area contributed by atoms with Crippen LogP contribution in [0.15, 0.2) is 60.2 Å². The minimum absolute atomic E-state index is 0.0506. The third-order valence-electron chi connectivity index (χ3n) is 4.29. The SMILES string of the molecule is COc1ccc(C=C2CC(c3ccccc3)CC(Cl)C2=O)cc1. The topological polar surface area (TPSA) is 26.3 Å². The Labute approximate surface area is 141 Å². The molecule has 1 fully saturated rings. The largest absolute Gasteiger partial charge is 0.497 e. The molecule has 0 radical (unpaired) electrons. The number of carbonyl (C=O) groups excluding carboxylic acids is 1. The van der Waals surface area contributed by atoms with Gasteiger partial charge in [0.05, 0.1) is 12.5 Å². The molecule has 3 heteroatoms. The van der Waals surface area contributed by atoms with Gasteiger partial charge in [0.15, 0.2) is 5.78 Å². The first kappa shape index (κ1) is 15.8. The Bertz CT molecular complexity index is 704. The fourth-order valence-corrected chi connectivity index (χ4v) is 3.37. The van der Waals surface area contributed by atoms with E-state index in [0.29, 0.717) is 12.3 Å². The van der Waals surface area contributed by atoms with Crippen molar-refractivity contribution in [2.45, 2.75) is 24.1 Å². The Morgan fingerprint density at radius 2 is 1.78 bits per heavy atom. The highest BCUT2D eigenvalue weighted by atomic mass is 35.5. The zero-order chi connectivity index (χ0) is 16.2. The van der Waals surface area contributed by atoms with Crippen LogP contribution in [0.25, 0.3) is 6.08 Å². The number of halogens is 1. The lowest BCUT2D eigenvalue weighted by Crippen LogP contribution is -2.26. The molecule has 2 unspecified atom stereocenters. The maximum atomic E-state index is 12.4. The van der Waals surface area contributed by atoms with Crippen LogP contribution in [0, 0.1) is 0 Å². The van der Waals surface area contributed by atoms with E-state index in [-0.39, 0.29) is 5.78 Å². The average Bonchev–Trinajstić information content (AvgIpc) is 2.60. The molecular weight excluding hydrogens is 308 g/mol. The van der Waals surface area contributed by atoms with E-state index in [4.69, 9.17) is 16.3 Å². The van der Waals surface area contributed by atoms with Crippen molar-refractivity contribution in [2.24, 2.45) is 0 Å². The number of methoxy groups -OCH3 is 1. The highest BCUT2D eigenvalue weighted by Gasteiger charge is 2.31. The number of ether oxygens (including phenoxy) is 1. The molecule has 0 saturated heterocycles. The van der Waals surface area contributed by atoms with E-state index in [0.717, 1.165) is 23.3 Å². The van der Waals surface area contributed by atoms with E-state index in [1.807, 2.05) is 48.5 Å². The third-order valence-corrected chi connectivity index (χ3v) is 4.66. The van der Waals surface area contributed by atoms with Crippen molar-refractivity contribution < 1.29 is 9.53 Å². The minimum Gasteiger partial charge on any atom is -0.497 e. The molecule has 1 saturated carbocycles. The Balaban J connectivity index is 1.86. The summed E-state index contributed by atoms with van der Waals surface area (Å²) in [6.07, 6.45) is 3.38. The molecule has 2 nitrogen and oxygen atoms in total. The molecule has 0 amide bonds. The number of Topliss-reactive ketones (excluding diaryl/α,β-unsaturated/α-hetero) is 1. The quantitative estimate of drug-likeness (QED) is 0.596. The number of rotatable bonds is 3. The molecule has 2 aromatic rings. The summed E-state index contributed by atoms with van der Waals surface area (Å²) >= 11 is 6.31. The standard InChI is InChI=1S/C20H19ClO2/c1-23-18-9-7-14(8-10-18)11-17-12-16(13-19(21)20(17)22)15-5-3-2-4-6-15/h2-11,16,19H,12-13H2,1H3. The molecule has 1 aliphatic carbocycles. The first-order valence-electron chi connectivity index (χ1n) is 7.75. The van der Waals surface area contributed by atoms with Crippen LogP contribution in [0.2, 0.25) is 0 Å². The van der Waals surface area contributed by atoms with E-state index >= 15 is 0 Å². The van der Waals surface area contributed by atoms with Gasteiger partial charge in [-0.3, -0.25) is 4.79 Å². The van der Waals surface area contributed by atoms with Gasteiger partial charge in [-0.1, -0.05) is 42.5 Å². The van der Waals surface area contributed by atoms with Crippen molar-refractivity contribution in [3.8, 4) is 5.75 Å². The minimum atomic E-state index is -0.446. The Morgan fingerprint density at radius 3 is 2.43 bits per heavy atom. The molecule has 0 bridgehead atoms. The smallest absolute Gasteiger partial charge is 0.176 e. The Hall–Kier alpha value is -2.06. The van der Waals surface area contributed by atoms with Crippen LogP contribution < -0.4 is 4.74 Å². The number of benzene rings is 2. The van der Waals surface area contributed by atoms with E-state index in [9.17, 15) is 4.79 Å². The van der Waals surface area contributed by atoms with Gasteiger partial charge in [0.1, 0.15) is 5.75 Å². The van der Waals surface area contributed by atoms with Crippen LogP contribution in [0.5, 0.6) is 5.75 Å². The lowest BCUT2D eigenvalue weighted by Gasteiger charge is -2.27. The number of allylic oxidation sites excluding steroid dienone is 1. The zero-order valence-electron chi connectivity index (χ0n) is 13.0. The molecule has 2 atom stereocenters. The average molecular weight is 327 g/mol. The molecule has 2 aromatic carbocycles. The van der Waals surface area contributed by atoms with Gasteiger partial charge in [0.25, 0.3) is 0 Å². The second-order valence-corrected chi connectivity index (χ2v) is 6.35. The van der Waals surface area contributed by atoms with Crippen molar-refractivity contribution in [3.05, 3.63) is 71.3 Å². The first-order chi connectivity index (χ1) is 11.2. The monoisotopic (exact) mass is 326 g/mol. The Morgan fingerprint density at radius 1 is 1.09 bits per heavy atom. The van der Waals surface area contributed by atoms with E-state index < -0.39 is 5.38 Å². The van der Waals surface area contributed by atoms with Crippen molar-refractivity contribution in [1.29, 1.82) is 0 Å². The number of hydrogen-bond donors (Lipinski definition) is 0. The predicted molar refractivity (Wildman–Crippen MR) is 94.0 cm³/mol. The summed E-state index contributed by atoms with van der Waals surface area (Å²) in [5, 5.41) is -0.446. The van der Waals surface area contributed by atoms with Crippen LogP contribution in [-0.4, -0.2) is 18.3 Å². The van der Waals surface area contributed by atoms with E-state index in [2.05, 4.69) is 12.1 Å². The van der Waals surface area contributed by atoms with Crippen LogP contribution in [-0.2, 0) is 4.79 Å². The Kier molecular flexibility index (Phi) is 4.82. The predicted octanol–water partition coefficient (Wildman–Crippen LogP) is 4.83. The summed E-state index contributed by atoms with van der Waals surface area (Å²) in [7, 11) is 1.64. The maximum absolute atomic E-state index is 12.4. The van der Waals surface area contributed by atoms with Gasteiger partial charge in [-0.15, -0.1) is 11.6 Å². The molecule has 0 heterocycles. The fraction of sp³-hybridized carbons (Fsp3) is 0.250. The van der Waals surface area contributed by atoms with Crippen LogP contribution in [0.3, 0.4) is 0 Å². The summed E-state index contributed by atoms with van der Waals surface area (Å²) in [5.41, 5.74) is 3.04. The highest BCUT2D eigenvalue weighted by molar-refractivity contribution is 6.34. The van der Waals surface area contributed by atoms with Gasteiger partial charge in [-0.25, -0.2) is 0 Å². The number of hydrogen-bond acceptors (Lipinski definition) is 2. The van der Waals surface area contributed by atoms with E-state index in [1.54, 1.807) is 7.11 Å². The van der Waals surface area contributed by atoms with Crippen LogP contribution in [0.4, 0.5) is 0 Å².